The highest BCUT2D eigenvalue weighted by atomic mass is 19.2. The fraction of sp³-hybridized carbons (Fsp3) is 0.250. The minimum Gasteiger partial charge on any atom is -0.392 e. The molecule has 32 heavy (non-hydrogen) atoms. The zero-order valence-corrected chi connectivity index (χ0v) is 18.0. The first kappa shape index (κ1) is 20.5. The van der Waals surface area contributed by atoms with Crippen molar-refractivity contribution in [3.05, 3.63) is 65.2 Å². The Labute approximate surface area is 181 Å². The zero-order chi connectivity index (χ0) is 22.9. The maximum absolute atomic E-state index is 15.8. The van der Waals surface area contributed by atoms with Crippen LogP contribution < -0.4 is 0 Å². The van der Waals surface area contributed by atoms with Crippen LogP contribution in [0.3, 0.4) is 0 Å². The molecule has 0 fully saturated rings. The summed E-state index contributed by atoms with van der Waals surface area (Å²) in [5.74, 6) is -3.48. The number of aliphatic hydroxyl groups excluding tert-OH is 1. The standard InChI is InChI=1S/C24H21F3N4O/c1-24(2,3)22-15-9-14-17(25)18(26)21(19(27)20(14)28-23(15)30(4)29-22)31-10-12(11-32)13-7-5-6-8-16(13)31/h5-10,32H,11H2,1-4H3. The van der Waals surface area contributed by atoms with E-state index in [0.29, 0.717) is 33.2 Å². The van der Waals surface area contributed by atoms with Gasteiger partial charge in [-0.25, -0.2) is 18.2 Å². The zero-order valence-electron chi connectivity index (χ0n) is 18.0. The summed E-state index contributed by atoms with van der Waals surface area (Å²) in [6.45, 7) is 5.54. The lowest BCUT2D eigenvalue weighted by molar-refractivity contribution is 0.283. The summed E-state index contributed by atoms with van der Waals surface area (Å²) < 4.78 is 49.1. The molecule has 0 amide bonds. The van der Waals surface area contributed by atoms with Crippen molar-refractivity contribution in [2.75, 3.05) is 0 Å². The predicted molar refractivity (Wildman–Crippen MR) is 117 cm³/mol. The molecular weight excluding hydrogens is 417 g/mol. The van der Waals surface area contributed by atoms with Gasteiger partial charge in [0.25, 0.3) is 0 Å². The van der Waals surface area contributed by atoms with E-state index < -0.39 is 23.1 Å². The number of nitrogens with zero attached hydrogens (tertiary/aromatic N) is 4. The summed E-state index contributed by atoms with van der Waals surface area (Å²) >= 11 is 0. The summed E-state index contributed by atoms with van der Waals surface area (Å²) in [7, 11) is 1.68. The van der Waals surface area contributed by atoms with E-state index in [4.69, 9.17) is 0 Å². The average Bonchev–Trinajstić information content (AvgIpc) is 3.29. The third-order valence-electron chi connectivity index (χ3n) is 5.78. The van der Waals surface area contributed by atoms with Crippen molar-refractivity contribution in [1.82, 2.24) is 19.3 Å². The maximum Gasteiger partial charge on any atom is 0.186 e. The van der Waals surface area contributed by atoms with Crippen molar-refractivity contribution in [3.8, 4) is 5.69 Å². The third kappa shape index (κ3) is 2.75. The molecule has 0 bridgehead atoms. The number of pyridine rings is 1. The first-order valence-electron chi connectivity index (χ1n) is 10.2. The number of rotatable bonds is 2. The topological polar surface area (TPSA) is 55.9 Å². The van der Waals surface area contributed by atoms with Crippen LogP contribution in [0.5, 0.6) is 0 Å². The molecule has 0 unspecified atom stereocenters. The van der Waals surface area contributed by atoms with Crippen LogP contribution in [-0.4, -0.2) is 24.4 Å². The normalized spacial score (nSPS) is 12.5. The number of hydrogen-bond donors (Lipinski definition) is 1. The lowest BCUT2D eigenvalue weighted by Crippen LogP contribution is -2.12. The molecule has 5 aromatic rings. The Hall–Kier alpha value is -3.39. The summed E-state index contributed by atoms with van der Waals surface area (Å²) in [5.41, 5.74) is 0.751. The largest absolute Gasteiger partial charge is 0.392 e. The average molecular weight is 438 g/mol. The Balaban J connectivity index is 1.90. The molecule has 0 atom stereocenters. The molecule has 0 aliphatic carbocycles. The van der Waals surface area contributed by atoms with Gasteiger partial charge in [-0.2, -0.15) is 5.10 Å². The van der Waals surface area contributed by atoms with Crippen LogP contribution in [0, 0.1) is 17.5 Å². The van der Waals surface area contributed by atoms with Crippen LogP contribution in [0.4, 0.5) is 13.2 Å². The summed E-state index contributed by atoms with van der Waals surface area (Å²) in [5, 5.41) is 15.1. The van der Waals surface area contributed by atoms with Gasteiger partial charge in [0, 0.05) is 40.4 Å². The van der Waals surface area contributed by atoms with Crippen LogP contribution in [0.25, 0.3) is 38.5 Å². The van der Waals surface area contributed by atoms with Crippen molar-refractivity contribution in [2.24, 2.45) is 7.05 Å². The number of fused-ring (bicyclic) bond motifs is 3. The molecule has 3 aromatic heterocycles. The highest BCUT2D eigenvalue weighted by Gasteiger charge is 2.28. The Morgan fingerprint density at radius 1 is 0.969 bits per heavy atom. The first-order chi connectivity index (χ1) is 15.1. The Morgan fingerprint density at radius 2 is 1.69 bits per heavy atom. The third-order valence-corrected chi connectivity index (χ3v) is 5.78. The number of aryl methyl sites for hydroxylation is 1. The minimum atomic E-state index is -1.32. The fourth-order valence-corrected chi connectivity index (χ4v) is 4.27. The van der Waals surface area contributed by atoms with Gasteiger partial charge in [0.05, 0.1) is 17.8 Å². The lowest BCUT2D eigenvalue weighted by Gasteiger charge is -2.16. The second kappa shape index (κ2) is 6.80. The van der Waals surface area contributed by atoms with Crippen LogP contribution in [0.2, 0.25) is 0 Å². The van der Waals surface area contributed by atoms with Crippen molar-refractivity contribution in [2.45, 2.75) is 32.8 Å². The van der Waals surface area contributed by atoms with E-state index in [-0.39, 0.29) is 22.9 Å². The molecule has 8 heteroatoms. The van der Waals surface area contributed by atoms with E-state index in [2.05, 4.69) is 10.1 Å². The van der Waals surface area contributed by atoms with Gasteiger partial charge in [-0.15, -0.1) is 0 Å². The Morgan fingerprint density at radius 3 is 2.38 bits per heavy atom. The molecule has 164 valence electrons. The molecule has 5 rings (SSSR count). The number of hydrogen-bond acceptors (Lipinski definition) is 3. The highest BCUT2D eigenvalue weighted by Crippen LogP contribution is 2.36. The van der Waals surface area contributed by atoms with Gasteiger partial charge in [0.2, 0.25) is 0 Å². The van der Waals surface area contributed by atoms with Crippen molar-refractivity contribution >= 4 is 32.8 Å². The SMILES string of the molecule is Cn1nc(C(C)(C)C)c2cc3c(F)c(F)c(-n4cc(CO)c5ccccc54)c(F)c3nc21. The second-order valence-electron chi connectivity index (χ2n) is 8.97. The van der Waals surface area contributed by atoms with Crippen LogP contribution in [0.1, 0.15) is 32.0 Å². The number of aromatic nitrogens is 4. The minimum absolute atomic E-state index is 0.242. The molecule has 0 spiro atoms. The van der Waals surface area contributed by atoms with Gasteiger partial charge in [0.15, 0.2) is 23.1 Å². The monoisotopic (exact) mass is 438 g/mol. The number of halogens is 3. The molecule has 2 aromatic carbocycles. The molecule has 5 nitrogen and oxygen atoms in total. The van der Waals surface area contributed by atoms with Gasteiger partial charge in [-0.3, -0.25) is 4.68 Å². The van der Waals surface area contributed by atoms with Crippen LogP contribution >= 0.6 is 0 Å². The van der Waals surface area contributed by atoms with Gasteiger partial charge >= 0.3 is 0 Å². The van der Waals surface area contributed by atoms with Crippen molar-refractivity contribution in [3.63, 3.8) is 0 Å². The highest BCUT2D eigenvalue weighted by molar-refractivity contribution is 5.95. The molecule has 0 saturated carbocycles. The van der Waals surface area contributed by atoms with Crippen molar-refractivity contribution in [1.29, 1.82) is 0 Å². The fourth-order valence-electron chi connectivity index (χ4n) is 4.27. The summed E-state index contributed by atoms with van der Waals surface area (Å²) in [6.07, 6.45) is 1.41. The van der Waals surface area contributed by atoms with E-state index in [1.54, 1.807) is 31.3 Å². The van der Waals surface area contributed by atoms with E-state index in [1.165, 1.54) is 21.5 Å². The molecule has 1 N–H and O–H groups in total. The molecule has 3 heterocycles. The molecule has 0 aliphatic rings. The van der Waals surface area contributed by atoms with E-state index >= 15 is 13.2 Å². The molecule has 0 saturated heterocycles. The molecule has 0 radical (unpaired) electrons. The molecule has 0 aliphatic heterocycles. The predicted octanol–water partition coefficient (Wildman–Crippen LogP) is 5.27. The van der Waals surface area contributed by atoms with Gasteiger partial charge < -0.3 is 9.67 Å². The first-order valence-corrected chi connectivity index (χ1v) is 10.2. The Kier molecular flexibility index (Phi) is 4.36. The number of para-hydroxylation sites is 1. The van der Waals surface area contributed by atoms with E-state index in [9.17, 15) is 5.11 Å². The van der Waals surface area contributed by atoms with Gasteiger partial charge in [-0.05, 0) is 12.1 Å². The Bertz CT molecular complexity index is 1540. The lowest BCUT2D eigenvalue weighted by atomic mass is 9.90. The number of aliphatic hydroxyl groups is 1. The summed E-state index contributed by atoms with van der Waals surface area (Å²) in [4.78, 5) is 4.36. The van der Waals surface area contributed by atoms with E-state index in [0.717, 1.165) is 0 Å². The quantitative estimate of drug-likeness (QED) is 0.382. The van der Waals surface area contributed by atoms with Crippen LogP contribution in [0.15, 0.2) is 36.5 Å². The van der Waals surface area contributed by atoms with Gasteiger partial charge in [0.1, 0.15) is 11.2 Å². The number of benzene rings is 2. The van der Waals surface area contributed by atoms with Gasteiger partial charge in [-0.1, -0.05) is 39.0 Å². The molecular formula is C24H21F3N4O. The van der Waals surface area contributed by atoms with Crippen LogP contribution in [-0.2, 0) is 19.1 Å². The maximum atomic E-state index is 15.8. The smallest absolute Gasteiger partial charge is 0.186 e. The van der Waals surface area contributed by atoms with Crippen molar-refractivity contribution < 1.29 is 18.3 Å². The van der Waals surface area contributed by atoms with E-state index in [1.807, 2.05) is 20.8 Å². The summed E-state index contributed by atoms with van der Waals surface area (Å²) in [6, 6.07) is 8.27. The second-order valence-corrected chi connectivity index (χ2v) is 8.97.